The Labute approximate surface area is 112 Å². The van der Waals surface area contributed by atoms with Gasteiger partial charge in [-0.05, 0) is 46.6 Å². The summed E-state index contributed by atoms with van der Waals surface area (Å²) in [5, 5.41) is 9.13. The zero-order valence-electron chi connectivity index (χ0n) is 9.31. The van der Waals surface area contributed by atoms with Gasteiger partial charge in [-0.2, -0.15) is 0 Å². The molecule has 1 N–H and O–H groups in total. The van der Waals surface area contributed by atoms with Gasteiger partial charge in [0.25, 0.3) is 0 Å². The highest BCUT2D eigenvalue weighted by atomic mass is 79.9. The molecule has 0 saturated heterocycles. The molecule has 5 heteroatoms. The first-order valence-electron chi connectivity index (χ1n) is 5.32. The van der Waals surface area contributed by atoms with E-state index >= 15 is 0 Å². The Kier molecular flexibility index (Phi) is 3.69. The molecule has 0 aliphatic rings. The first kappa shape index (κ1) is 12.4. The van der Waals surface area contributed by atoms with Crippen LogP contribution in [0.4, 0.5) is 0 Å². The monoisotopic (exact) mass is 313 g/mol. The van der Waals surface area contributed by atoms with E-state index in [4.69, 9.17) is 5.11 Å². The van der Waals surface area contributed by atoms with E-state index in [0.29, 0.717) is 5.69 Å². The Morgan fingerprint density at radius 3 is 2.71 bits per heavy atom. The van der Waals surface area contributed by atoms with Crippen molar-refractivity contribution >= 4 is 33.2 Å². The van der Waals surface area contributed by atoms with Crippen molar-refractivity contribution in [1.29, 1.82) is 0 Å². The molecule has 2 rings (SSSR count). The first-order valence-corrected chi connectivity index (χ1v) is 6.93. The molecular formula is C12H12BrNO2S. The van der Waals surface area contributed by atoms with E-state index in [-0.39, 0.29) is 0 Å². The van der Waals surface area contributed by atoms with Crippen LogP contribution in [0.25, 0.3) is 10.6 Å². The summed E-state index contributed by atoms with van der Waals surface area (Å²) >= 11 is 5.03. The Hall–Kier alpha value is -1.07. The van der Waals surface area contributed by atoms with Crippen LogP contribution in [0, 0.1) is 0 Å². The molecule has 0 aliphatic carbocycles. The van der Waals surface area contributed by atoms with Crippen LogP contribution in [0.15, 0.2) is 28.1 Å². The van der Waals surface area contributed by atoms with Gasteiger partial charge in [0.05, 0.1) is 14.4 Å². The highest BCUT2D eigenvalue weighted by Crippen LogP contribution is 2.32. The van der Waals surface area contributed by atoms with Crippen molar-refractivity contribution in [1.82, 2.24) is 4.57 Å². The fourth-order valence-corrected chi connectivity index (χ4v) is 3.21. The van der Waals surface area contributed by atoms with E-state index < -0.39 is 5.97 Å². The summed E-state index contributed by atoms with van der Waals surface area (Å²) in [5.41, 5.74) is 1.33. The molecule has 0 radical (unpaired) electrons. The molecule has 2 heterocycles. The predicted molar refractivity (Wildman–Crippen MR) is 72.7 cm³/mol. The van der Waals surface area contributed by atoms with Gasteiger partial charge in [0.15, 0.2) is 0 Å². The van der Waals surface area contributed by atoms with Gasteiger partial charge in [-0.25, -0.2) is 4.79 Å². The summed E-state index contributed by atoms with van der Waals surface area (Å²) in [5.74, 6) is -0.875. The van der Waals surface area contributed by atoms with E-state index in [9.17, 15) is 4.79 Å². The number of halogens is 1. The second-order valence-electron chi connectivity index (χ2n) is 3.66. The summed E-state index contributed by atoms with van der Waals surface area (Å²) < 4.78 is 2.91. The van der Waals surface area contributed by atoms with Gasteiger partial charge in [0, 0.05) is 6.54 Å². The third kappa shape index (κ3) is 2.45. The minimum Gasteiger partial charge on any atom is -0.477 e. The highest BCUT2D eigenvalue weighted by molar-refractivity contribution is 9.11. The molecule has 0 unspecified atom stereocenters. The molecule has 0 amide bonds. The van der Waals surface area contributed by atoms with E-state index in [2.05, 4.69) is 15.9 Å². The van der Waals surface area contributed by atoms with Crippen molar-refractivity contribution in [2.75, 3.05) is 0 Å². The second kappa shape index (κ2) is 5.06. The molecule has 0 atom stereocenters. The zero-order valence-corrected chi connectivity index (χ0v) is 11.7. The van der Waals surface area contributed by atoms with Crippen LogP contribution in [-0.2, 0) is 6.54 Å². The number of hydrogen-bond donors (Lipinski definition) is 1. The summed E-state index contributed by atoms with van der Waals surface area (Å²) in [7, 11) is 0. The molecule has 3 nitrogen and oxygen atoms in total. The first-order chi connectivity index (χ1) is 8.13. The van der Waals surface area contributed by atoms with E-state index in [0.717, 1.165) is 27.3 Å². The summed E-state index contributed by atoms with van der Waals surface area (Å²) in [6.07, 6.45) is 0.911. The van der Waals surface area contributed by atoms with Crippen molar-refractivity contribution < 1.29 is 9.90 Å². The number of carboxylic acid groups (broad SMARTS) is 1. The van der Waals surface area contributed by atoms with Crippen molar-refractivity contribution in [2.45, 2.75) is 19.9 Å². The lowest BCUT2D eigenvalue weighted by Gasteiger charge is -2.08. The van der Waals surface area contributed by atoms with Crippen molar-refractivity contribution in [3.63, 3.8) is 0 Å². The topological polar surface area (TPSA) is 42.2 Å². The van der Waals surface area contributed by atoms with Crippen LogP contribution in [-0.4, -0.2) is 15.6 Å². The minimum atomic E-state index is -0.875. The molecule has 17 heavy (non-hydrogen) atoms. The molecule has 90 valence electrons. The summed E-state index contributed by atoms with van der Waals surface area (Å²) in [6.45, 7) is 2.76. The molecule has 0 fully saturated rings. The standard InChI is InChI=1S/C12H12BrNO2S/c1-2-7-14-8(3-4-9(14)12(15)16)10-5-6-11(13)17-10/h3-6H,2,7H2,1H3,(H,15,16). The molecule has 2 aromatic rings. The van der Waals surface area contributed by atoms with Crippen LogP contribution in [0.5, 0.6) is 0 Å². The van der Waals surface area contributed by atoms with Gasteiger partial charge in [0.1, 0.15) is 5.69 Å². The van der Waals surface area contributed by atoms with Gasteiger partial charge in [0.2, 0.25) is 0 Å². The summed E-state index contributed by atoms with van der Waals surface area (Å²) in [4.78, 5) is 12.2. The molecule has 0 spiro atoms. The Bertz CT molecular complexity index is 544. The highest BCUT2D eigenvalue weighted by Gasteiger charge is 2.15. The molecule has 0 saturated carbocycles. The number of thiophene rings is 1. The lowest BCUT2D eigenvalue weighted by atomic mass is 10.3. The van der Waals surface area contributed by atoms with Crippen LogP contribution >= 0.6 is 27.3 Å². The van der Waals surface area contributed by atoms with E-state index in [1.807, 2.05) is 29.7 Å². The van der Waals surface area contributed by atoms with Crippen molar-refractivity contribution in [2.24, 2.45) is 0 Å². The SMILES string of the molecule is CCCn1c(C(=O)O)ccc1-c1ccc(Br)s1. The maximum atomic E-state index is 11.1. The Morgan fingerprint density at radius 2 is 2.18 bits per heavy atom. The minimum absolute atomic E-state index is 0.353. The van der Waals surface area contributed by atoms with Gasteiger partial charge in [-0.15, -0.1) is 11.3 Å². The number of nitrogens with zero attached hydrogens (tertiary/aromatic N) is 1. The predicted octanol–water partition coefficient (Wildman–Crippen LogP) is 4.09. The fourth-order valence-electron chi connectivity index (χ4n) is 1.79. The van der Waals surface area contributed by atoms with Crippen LogP contribution < -0.4 is 0 Å². The van der Waals surface area contributed by atoms with Gasteiger partial charge >= 0.3 is 5.97 Å². The molecule has 0 bridgehead atoms. The maximum absolute atomic E-state index is 11.1. The Balaban J connectivity index is 2.50. The lowest BCUT2D eigenvalue weighted by Crippen LogP contribution is -2.09. The second-order valence-corrected chi connectivity index (χ2v) is 6.13. The van der Waals surface area contributed by atoms with Crippen molar-refractivity contribution in [3.8, 4) is 10.6 Å². The van der Waals surface area contributed by atoms with Gasteiger partial charge in [-0.3, -0.25) is 0 Å². The van der Waals surface area contributed by atoms with Gasteiger partial charge in [-0.1, -0.05) is 6.92 Å². The largest absolute Gasteiger partial charge is 0.477 e. The smallest absolute Gasteiger partial charge is 0.352 e. The third-order valence-corrected chi connectivity index (χ3v) is 4.12. The maximum Gasteiger partial charge on any atom is 0.352 e. The summed E-state index contributed by atoms with van der Waals surface area (Å²) in [6, 6.07) is 7.52. The Morgan fingerprint density at radius 1 is 1.41 bits per heavy atom. The fraction of sp³-hybridized carbons (Fsp3) is 0.250. The molecule has 0 aromatic carbocycles. The third-order valence-electron chi connectivity index (χ3n) is 2.47. The molecular weight excluding hydrogens is 302 g/mol. The molecule has 0 aliphatic heterocycles. The van der Waals surface area contributed by atoms with Crippen molar-refractivity contribution in [3.05, 3.63) is 33.7 Å². The van der Waals surface area contributed by atoms with Crippen LogP contribution in [0.2, 0.25) is 0 Å². The number of aromatic nitrogens is 1. The number of rotatable bonds is 4. The van der Waals surface area contributed by atoms with E-state index in [1.54, 1.807) is 17.4 Å². The average Bonchev–Trinajstić information content (AvgIpc) is 2.85. The number of carboxylic acids is 1. The number of hydrogen-bond acceptors (Lipinski definition) is 2. The van der Waals surface area contributed by atoms with E-state index in [1.165, 1.54) is 0 Å². The van der Waals surface area contributed by atoms with Crippen LogP contribution in [0.3, 0.4) is 0 Å². The zero-order chi connectivity index (χ0) is 12.4. The quantitative estimate of drug-likeness (QED) is 0.923. The van der Waals surface area contributed by atoms with Crippen LogP contribution in [0.1, 0.15) is 23.8 Å². The lowest BCUT2D eigenvalue weighted by molar-refractivity contribution is 0.0685. The number of carbonyl (C=O) groups is 1. The number of aromatic carboxylic acids is 1. The normalized spacial score (nSPS) is 10.7. The van der Waals surface area contributed by atoms with Gasteiger partial charge < -0.3 is 9.67 Å². The average molecular weight is 314 g/mol. The molecule has 2 aromatic heterocycles.